The van der Waals surface area contributed by atoms with E-state index in [1.807, 2.05) is 24.4 Å². The second-order valence-electron chi connectivity index (χ2n) is 4.27. The van der Waals surface area contributed by atoms with Crippen molar-refractivity contribution in [2.75, 3.05) is 11.5 Å². The summed E-state index contributed by atoms with van der Waals surface area (Å²) in [6.07, 6.45) is 2.67. The van der Waals surface area contributed by atoms with Crippen LogP contribution in [0.15, 0.2) is 34.9 Å². The summed E-state index contributed by atoms with van der Waals surface area (Å²) in [5.74, 6) is 0.488. The van der Waals surface area contributed by atoms with Gasteiger partial charge in [0.15, 0.2) is 0 Å². The first-order chi connectivity index (χ1) is 8.53. The lowest BCUT2D eigenvalue weighted by Crippen LogP contribution is -2.10. The van der Waals surface area contributed by atoms with Crippen LogP contribution < -0.4 is 0 Å². The van der Waals surface area contributed by atoms with Gasteiger partial charge in [0.1, 0.15) is 9.84 Å². The lowest BCUT2D eigenvalue weighted by atomic mass is 10.2. The number of fused-ring (bicyclic) bond motifs is 1. The Bertz CT molecular complexity index is 646. The molecule has 0 N–H and O–H groups in total. The predicted molar refractivity (Wildman–Crippen MR) is 78.6 cm³/mol. The Hall–Kier alpha value is -0.810. The maximum atomic E-state index is 11.4. The van der Waals surface area contributed by atoms with E-state index in [9.17, 15) is 8.42 Å². The molecule has 0 atom stereocenters. The molecule has 1 aromatic heterocycles. The quantitative estimate of drug-likeness (QED) is 0.844. The van der Waals surface area contributed by atoms with Crippen molar-refractivity contribution in [1.82, 2.24) is 4.57 Å². The molecule has 2 rings (SSSR count). The molecular formula is C13H16BrNO2S. The Kier molecular flexibility index (Phi) is 4.12. The summed E-state index contributed by atoms with van der Waals surface area (Å²) in [6.45, 7) is 2.43. The maximum Gasteiger partial charge on any atom is 0.150 e. The summed E-state index contributed by atoms with van der Waals surface area (Å²) in [6, 6.07) is 8.10. The van der Waals surface area contributed by atoms with E-state index < -0.39 is 9.84 Å². The lowest BCUT2D eigenvalue weighted by molar-refractivity contribution is 0.589. The van der Waals surface area contributed by atoms with Crippen molar-refractivity contribution in [1.29, 1.82) is 0 Å². The second-order valence-corrected chi connectivity index (χ2v) is 7.60. The zero-order chi connectivity index (χ0) is 13.2. The van der Waals surface area contributed by atoms with Crippen LogP contribution in [0.4, 0.5) is 0 Å². The average molecular weight is 330 g/mol. The van der Waals surface area contributed by atoms with Gasteiger partial charge in [-0.25, -0.2) is 8.42 Å². The number of halogens is 1. The topological polar surface area (TPSA) is 39.1 Å². The first-order valence-electron chi connectivity index (χ1n) is 5.97. The van der Waals surface area contributed by atoms with Crippen LogP contribution in [0.25, 0.3) is 10.9 Å². The van der Waals surface area contributed by atoms with E-state index in [1.165, 1.54) is 0 Å². The molecule has 0 aliphatic rings. The highest BCUT2D eigenvalue weighted by Gasteiger charge is 2.08. The van der Waals surface area contributed by atoms with Crippen LogP contribution in [0.2, 0.25) is 0 Å². The van der Waals surface area contributed by atoms with Crippen molar-refractivity contribution in [3.05, 3.63) is 34.9 Å². The molecule has 0 aliphatic heterocycles. The molecule has 0 saturated carbocycles. The average Bonchev–Trinajstić information content (AvgIpc) is 2.74. The minimum atomic E-state index is -2.86. The van der Waals surface area contributed by atoms with Gasteiger partial charge >= 0.3 is 0 Å². The molecule has 5 heteroatoms. The van der Waals surface area contributed by atoms with E-state index >= 15 is 0 Å². The van der Waals surface area contributed by atoms with Crippen LogP contribution in [0.3, 0.4) is 0 Å². The molecule has 0 amide bonds. The summed E-state index contributed by atoms with van der Waals surface area (Å²) in [4.78, 5) is 0. The smallest absolute Gasteiger partial charge is 0.150 e. The van der Waals surface area contributed by atoms with Crippen LogP contribution >= 0.6 is 15.9 Å². The highest BCUT2D eigenvalue weighted by atomic mass is 79.9. The molecule has 1 heterocycles. The van der Waals surface area contributed by atoms with Crippen molar-refractivity contribution in [3.63, 3.8) is 0 Å². The molecule has 3 nitrogen and oxygen atoms in total. The van der Waals surface area contributed by atoms with Gasteiger partial charge in [0.2, 0.25) is 0 Å². The first kappa shape index (κ1) is 13.6. The third-order valence-corrected chi connectivity index (χ3v) is 5.54. The molecule has 0 bridgehead atoms. The standard InChI is InChI=1S/C13H16BrNO2S/c1-2-18(16,17)10-4-8-15-9-7-11-12(14)5-3-6-13(11)15/h3,5-7,9H,2,4,8,10H2,1H3. The van der Waals surface area contributed by atoms with Gasteiger partial charge in [0.25, 0.3) is 0 Å². The van der Waals surface area contributed by atoms with Gasteiger partial charge in [-0.3, -0.25) is 0 Å². The van der Waals surface area contributed by atoms with Crippen LogP contribution in [-0.4, -0.2) is 24.5 Å². The van der Waals surface area contributed by atoms with Gasteiger partial charge in [-0.05, 0) is 24.6 Å². The Morgan fingerprint density at radius 2 is 2.06 bits per heavy atom. The summed E-state index contributed by atoms with van der Waals surface area (Å²) in [5.41, 5.74) is 1.14. The largest absolute Gasteiger partial charge is 0.347 e. The normalized spacial score (nSPS) is 12.1. The number of aryl methyl sites for hydroxylation is 1. The third-order valence-electron chi connectivity index (χ3n) is 3.05. The molecule has 0 radical (unpaired) electrons. The molecule has 0 fully saturated rings. The van der Waals surface area contributed by atoms with Crippen molar-refractivity contribution >= 4 is 36.7 Å². The van der Waals surface area contributed by atoms with Gasteiger partial charge in [-0.15, -0.1) is 0 Å². The fraction of sp³-hybridized carbons (Fsp3) is 0.385. The van der Waals surface area contributed by atoms with Crippen molar-refractivity contribution in [3.8, 4) is 0 Å². The Morgan fingerprint density at radius 1 is 1.28 bits per heavy atom. The monoisotopic (exact) mass is 329 g/mol. The molecule has 0 spiro atoms. The van der Waals surface area contributed by atoms with Gasteiger partial charge in [-0.2, -0.15) is 0 Å². The number of hydrogen-bond donors (Lipinski definition) is 0. The summed E-state index contributed by atoms with van der Waals surface area (Å²) in [7, 11) is -2.86. The minimum absolute atomic E-state index is 0.227. The fourth-order valence-electron chi connectivity index (χ4n) is 1.98. The van der Waals surface area contributed by atoms with Crippen LogP contribution in [-0.2, 0) is 16.4 Å². The molecule has 0 saturated heterocycles. The van der Waals surface area contributed by atoms with E-state index in [4.69, 9.17) is 0 Å². The number of benzene rings is 1. The number of aromatic nitrogens is 1. The van der Waals surface area contributed by atoms with Crippen LogP contribution in [0, 0.1) is 0 Å². The van der Waals surface area contributed by atoms with E-state index in [2.05, 4.69) is 26.6 Å². The molecule has 2 aromatic rings. The van der Waals surface area contributed by atoms with E-state index in [1.54, 1.807) is 6.92 Å². The maximum absolute atomic E-state index is 11.4. The summed E-state index contributed by atoms with van der Waals surface area (Å²) >= 11 is 3.51. The molecule has 0 unspecified atom stereocenters. The molecule has 0 aliphatic carbocycles. The van der Waals surface area contributed by atoms with Crippen LogP contribution in [0.5, 0.6) is 0 Å². The zero-order valence-electron chi connectivity index (χ0n) is 10.3. The van der Waals surface area contributed by atoms with E-state index in [0.29, 0.717) is 6.42 Å². The fourth-order valence-corrected chi connectivity index (χ4v) is 3.33. The Labute approximate surface area is 116 Å². The van der Waals surface area contributed by atoms with Gasteiger partial charge in [0, 0.05) is 33.9 Å². The van der Waals surface area contributed by atoms with E-state index in [-0.39, 0.29) is 11.5 Å². The van der Waals surface area contributed by atoms with Crippen molar-refractivity contribution in [2.24, 2.45) is 0 Å². The number of sulfone groups is 1. The first-order valence-corrected chi connectivity index (χ1v) is 8.59. The number of rotatable bonds is 5. The van der Waals surface area contributed by atoms with Gasteiger partial charge < -0.3 is 4.57 Å². The Morgan fingerprint density at radius 3 is 2.78 bits per heavy atom. The highest BCUT2D eigenvalue weighted by molar-refractivity contribution is 9.10. The number of nitrogens with zero attached hydrogens (tertiary/aromatic N) is 1. The Balaban J connectivity index is 2.11. The van der Waals surface area contributed by atoms with Gasteiger partial charge in [-0.1, -0.05) is 28.9 Å². The van der Waals surface area contributed by atoms with Crippen molar-refractivity contribution < 1.29 is 8.42 Å². The summed E-state index contributed by atoms with van der Waals surface area (Å²) in [5, 5.41) is 1.16. The minimum Gasteiger partial charge on any atom is -0.347 e. The predicted octanol–water partition coefficient (Wildman–Crippen LogP) is 3.23. The van der Waals surface area contributed by atoms with Crippen molar-refractivity contribution in [2.45, 2.75) is 19.9 Å². The highest BCUT2D eigenvalue weighted by Crippen LogP contribution is 2.24. The van der Waals surface area contributed by atoms with E-state index in [0.717, 1.165) is 21.9 Å². The second kappa shape index (κ2) is 5.45. The molecular weight excluding hydrogens is 314 g/mol. The van der Waals surface area contributed by atoms with Gasteiger partial charge in [0.05, 0.1) is 5.75 Å². The number of hydrogen-bond acceptors (Lipinski definition) is 2. The molecule has 18 heavy (non-hydrogen) atoms. The van der Waals surface area contributed by atoms with Crippen LogP contribution in [0.1, 0.15) is 13.3 Å². The molecule has 98 valence electrons. The lowest BCUT2D eigenvalue weighted by Gasteiger charge is -2.06. The molecule has 1 aromatic carbocycles. The third kappa shape index (κ3) is 2.95. The SMILES string of the molecule is CCS(=O)(=O)CCCn1ccc2c(Br)cccc21. The summed E-state index contributed by atoms with van der Waals surface area (Å²) < 4.78 is 26.0. The zero-order valence-corrected chi connectivity index (χ0v) is 12.7.